The molecule has 0 radical (unpaired) electrons. The highest BCUT2D eigenvalue weighted by atomic mass is 16.3. The van der Waals surface area contributed by atoms with Gasteiger partial charge in [-0.3, -0.25) is 9.59 Å². The fraction of sp³-hybridized carbons (Fsp3) is 0.684. The molecule has 0 spiro atoms. The molecule has 2 unspecified atom stereocenters. The molecule has 138 valence electrons. The number of nitrogens with zero attached hydrogens (tertiary/aromatic N) is 1. The van der Waals surface area contributed by atoms with Crippen molar-refractivity contribution >= 4 is 11.8 Å². The van der Waals surface area contributed by atoms with Gasteiger partial charge in [0.15, 0.2) is 0 Å². The zero-order valence-corrected chi connectivity index (χ0v) is 14.8. The quantitative estimate of drug-likeness (QED) is 0.791. The molecule has 2 amide bonds. The van der Waals surface area contributed by atoms with E-state index in [4.69, 9.17) is 4.42 Å². The molecule has 2 saturated carbocycles. The molecule has 0 bridgehead atoms. The Labute approximate surface area is 148 Å². The molecule has 6 nitrogen and oxygen atoms in total. The van der Waals surface area contributed by atoms with E-state index < -0.39 is 12.1 Å². The van der Waals surface area contributed by atoms with E-state index in [1.165, 1.54) is 6.42 Å². The molecule has 0 saturated heterocycles. The van der Waals surface area contributed by atoms with Gasteiger partial charge in [0.1, 0.15) is 6.04 Å². The SMILES string of the molecule is CC(O)C(NC(=O)C1CC1)C(=O)N(Cc1ccoc1)C1CCCCC1. The Hall–Kier alpha value is -1.82. The molecule has 3 rings (SSSR count). The second-order valence-electron chi connectivity index (χ2n) is 7.39. The molecule has 2 atom stereocenters. The summed E-state index contributed by atoms with van der Waals surface area (Å²) in [5.74, 6) is -0.311. The standard InChI is InChI=1S/C19H28N2O4/c1-13(22)17(20-18(23)15-7-8-15)19(24)21(11-14-9-10-25-12-14)16-5-3-2-4-6-16/h9-10,12-13,15-17,22H,2-8,11H2,1H3,(H,20,23). The maximum atomic E-state index is 13.2. The number of aliphatic hydroxyl groups excluding tert-OH is 1. The molecular weight excluding hydrogens is 320 g/mol. The van der Waals surface area contributed by atoms with Crippen LogP contribution in [0.3, 0.4) is 0 Å². The van der Waals surface area contributed by atoms with Crippen molar-refractivity contribution in [2.24, 2.45) is 5.92 Å². The van der Waals surface area contributed by atoms with Crippen molar-refractivity contribution in [1.29, 1.82) is 0 Å². The molecule has 2 fully saturated rings. The Balaban J connectivity index is 1.75. The number of aliphatic hydroxyl groups is 1. The molecule has 2 aliphatic carbocycles. The Bertz CT molecular complexity index is 574. The normalized spacial score (nSPS) is 20.7. The average Bonchev–Trinajstić information content (AvgIpc) is 3.34. The Morgan fingerprint density at radius 1 is 1.28 bits per heavy atom. The zero-order chi connectivity index (χ0) is 17.8. The van der Waals surface area contributed by atoms with Crippen molar-refractivity contribution in [3.8, 4) is 0 Å². The molecule has 1 heterocycles. The van der Waals surface area contributed by atoms with E-state index >= 15 is 0 Å². The minimum atomic E-state index is -0.925. The topological polar surface area (TPSA) is 82.8 Å². The van der Waals surface area contributed by atoms with E-state index in [0.717, 1.165) is 44.1 Å². The lowest BCUT2D eigenvalue weighted by atomic mass is 9.93. The minimum Gasteiger partial charge on any atom is -0.472 e. The first-order valence-corrected chi connectivity index (χ1v) is 9.36. The van der Waals surface area contributed by atoms with Gasteiger partial charge in [0.2, 0.25) is 11.8 Å². The fourth-order valence-electron chi connectivity index (χ4n) is 3.54. The Morgan fingerprint density at radius 2 is 2.00 bits per heavy atom. The highest BCUT2D eigenvalue weighted by Gasteiger charge is 2.37. The largest absolute Gasteiger partial charge is 0.472 e. The van der Waals surface area contributed by atoms with Gasteiger partial charge in [0, 0.05) is 24.1 Å². The molecule has 2 aliphatic rings. The maximum absolute atomic E-state index is 13.2. The molecule has 6 heteroatoms. The summed E-state index contributed by atoms with van der Waals surface area (Å²) in [6.07, 6.45) is 9.39. The first-order chi connectivity index (χ1) is 12.1. The van der Waals surface area contributed by atoms with Crippen LogP contribution in [0.1, 0.15) is 57.4 Å². The molecule has 0 aromatic carbocycles. The summed E-state index contributed by atoms with van der Waals surface area (Å²) in [7, 11) is 0. The lowest BCUT2D eigenvalue weighted by molar-refractivity contribution is -0.143. The molecular formula is C19H28N2O4. The molecule has 0 aliphatic heterocycles. The van der Waals surface area contributed by atoms with Crippen LogP contribution in [0.25, 0.3) is 0 Å². The summed E-state index contributed by atoms with van der Waals surface area (Å²) in [4.78, 5) is 27.2. The van der Waals surface area contributed by atoms with Crippen molar-refractivity contribution in [3.05, 3.63) is 24.2 Å². The fourth-order valence-corrected chi connectivity index (χ4v) is 3.54. The summed E-state index contributed by atoms with van der Waals surface area (Å²) in [6.45, 7) is 2.01. The average molecular weight is 348 g/mol. The minimum absolute atomic E-state index is 0.00561. The lowest BCUT2D eigenvalue weighted by Gasteiger charge is -2.37. The third-order valence-corrected chi connectivity index (χ3v) is 5.23. The van der Waals surface area contributed by atoms with E-state index in [0.29, 0.717) is 6.54 Å². The summed E-state index contributed by atoms with van der Waals surface area (Å²) in [5, 5.41) is 12.9. The monoisotopic (exact) mass is 348 g/mol. The molecule has 1 aromatic heterocycles. The summed E-state index contributed by atoms with van der Waals surface area (Å²) >= 11 is 0. The van der Waals surface area contributed by atoms with E-state index in [-0.39, 0.29) is 23.8 Å². The zero-order valence-electron chi connectivity index (χ0n) is 14.8. The number of furan rings is 1. The first-order valence-electron chi connectivity index (χ1n) is 9.36. The lowest BCUT2D eigenvalue weighted by Crippen LogP contribution is -2.56. The smallest absolute Gasteiger partial charge is 0.248 e. The Kier molecular flexibility index (Phi) is 5.78. The highest BCUT2D eigenvalue weighted by molar-refractivity contribution is 5.90. The van der Waals surface area contributed by atoms with Gasteiger partial charge in [-0.1, -0.05) is 19.3 Å². The predicted molar refractivity (Wildman–Crippen MR) is 92.5 cm³/mol. The van der Waals surface area contributed by atoms with Gasteiger partial charge in [-0.2, -0.15) is 0 Å². The maximum Gasteiger partial charge on any atom is 0.248 e. The van der Waals surface area contributed by atoms with Crippen molar-refractivity contribution in [2.75, 3.05) is 0 Å². The third-order valence-electron chi connectivity index (χ3n) is 5.23. The summed E-state index contributed by atoms with van der Waals surface area (Å²) in [5.41, 5.74) is 0.928. The van der Waals surface area contributed by atoms with Crippen molar-refractivity contribution in [1.82, 2.24) is 10.2 Å². The highest BCUT2D eigenvalue weighted by Crippen LogP contribution is 2.29. The van der Waals surface area contributed by atoms with E-state index in [1.807, 2.05) is 11.0 Å². The van der Waals surface area contributed by atoms with Crippen LogP contribution in [0.4, 0.5) is 0 Å². The number of hydrogen-bond acceptors (Lipinski definition) is 4. The second kappa shape index (κ2) is 8.04. The first kappa shape index (κ1) is 18.0. The van der Waals surface area contributed by atoms with Crippen LogP contribution >= 0.6 is 0 Å². The third kappa shape index (κ3) is 4.63. The van der Waals surface area contributed by atoms with Crippen LogP contribution < -0.4 is 5.32 Å². The van der Waals surface area contributed by atoms with Gasteiger partial charge in [0.25, 0.3) is 0 Å². The molecule has 1 aromatic rings. The number of nitrogens with one attached hydrogen (secondary N) is 1. The van der Waals surface area contributed by atoms with Crippen molar-refractivity contribution in [2.45, 2.75) is 76.6 Å². The number of hydrogen-bond donors (Lipinski definition) is 2. The Morgan fingerprint density at radius 3 is 2.56 bits per heavy atom. The van der Waals surface area contributed by atoms with Gasteiger partial charge in [0.05, 0.1) is 18.6 Å². The van der Waals surface area contributed by atoms with E-state index in [2.05, 4.69) is 5.32 Å². The van der Waals surface area contributed by atoms with Crippen molar-refractivity contribution < 1.29 is 19.1 Å². The van der Waals surface area contributed by atoms with Crippen LogP contribution in [0.5, 0.6) is 0 Å². The van der Waals surface area contributed by atoms with Gasteiger partial charge < -0.3 is 19.7 Å². The molecule has 25 heavy (non-hydrogen) atoms. The summed E-state index contributed by atoms with van der Waals surface area (Å²) < 4.78 is 5.14. The van der Waals surface area contributed by atoms with Crippen LogP contribution in [0.2, 0.25) is 0 Å². The number of amides is 2. The van der Waals surface area contributed by atoms with Gasteiger partial charge >= 0.3 is 0 Å². The van der Waals surface area contributed by atoms with Gasteiger partial charge in [-0.05, 0) is 38.7 Å². The number of carbonyl (C=O) groups excluding carboxylic acids is 2. The second-order valence-corrected chi connectivity index (χ2v) is 7.39. The van der Waals surface area contributed by atoms with Crippen LogP contribution in [-0.2, 0) is 16.1 Å². The number of carbonyl (C=O) groups is 2. The summed E-state index contributed by atoms with van der Waals surface area (Å²) in [6, 6.07) is 1.11. The van der Waals surface area contributed by atoms with Crippen LogP contribution in [-0.4, -0.2) is 40.0 Å². The van der Waals surface area contributed by atoms with E-state index in [1.54, 1.807) is 19.5 Å². The van der Waals surface area contributed by atoms with Crippen LogP contribution in [0, 0.1) is 5.92 Å². The number of rotatable bonds is 7. The van der Waals surface area contributed by atoms with Gasteiger partial charge in [-0.25, -0.2) is 0 Å². The van der Waals surface area contributed by atoms with Crippen molar-refractivity contribution in [3.63, 3.8) is 0 Å². The van der Waals surface area contributed by atoms with E-state index in [9.17, 15) is 14.7 Å². The predicted octanol–water partition coefficient (Wildman–Crippen LogP) is 2.22. The molecule has 2 N–H and O–H groups in total. The van der Waals surface area contributed by atoms with Crippen LogP contribution in [0.15, 0.2) is 23.0 Å². The van der Waals surface area contributed by atoms with Gasteiger partial charge in [-0.15, -0.1) is 0 Å².